The molecule has 9 nitrogen and oxygen atoms in total. The van der Waals surface area contributed by atoms with E-state index in [4.69, 9.17) is 15.2 Å². The molecule has 0 radical (unpaired) electrons. The fraction of sp³-hybridized carbons (Fsp3) is 0.217. The van der Waals surface area contributed by atoms with Crippen LogP contribution in [-0.2, 0) is 17.1 Å². The van der Waals surface area contributed by atoms with Gasteiger partial charge in [-0.1, -0.05) is 0 Å². The van der Waals surface area contributed by atoms with Crippen molar-refractivity contribution in [3.05, 3.63) is 70.6 Å². The Morgan fingerprint density at radius 2 is 1.72 bits per heavy atom. The second kappa shape index (κ2) is 10.3. The van der Waals surface area contributed by atoms with E-state index < -0.39 is 34.3 Å². The fourth-order valence-corrected chi connectivity index (χ4v) is 3.68. The Labute approximate surface area is 204 Å². The number of nitrogens with one attached hydrogen (secondary N) is 1. The largest absolute Gasteiger partial charge is 0.483 e. The fourth-order valence-electron chi connectivity index (χ4n) is 3.05. The summed E-state index contributed by atoms with van der Waals surface area (Å²) >= 11 is 0. The van der Waals surface area contributed by atoms with Crippen LogP contribution >= 0.6 is 0 Å². The molecule has 2 aromatic carbocycles. The number of sulfonamides is 1. The number of pyridine rings is 1. The zero-order valence-electron chi connectivity index (χ0n) is 19.1. The van der Waals surface area contributed by atoms with Crippen LogP contribution < -0.4 is 25.5 Å². The van der Waals surface area contributed by atoms with E-state index in [1.807, 2.05) is 0 Å². The molecule has 192 valence electrons. The van der Waals surface area contributed by atoms with E-state index in [2.05, 4.69) is 4.72 Å². The highest BCUT2D eigenvalue weighted by molar-refractivity contribution is 7.92. The molecule has 1 heterocycles. The summed E-state index contributed by atoms with van der Waals surface area (Å²) in [5, 5.41) is 0. The number of benzene rings is 2. The molecule has 3 N–H and O–H groups in total. The zero-order chi connectivity index (χ0) is 26.7. The molecule has 0 bridgehead atoms. The van der Waals surface area contributed by atoms with Crippen molar-refractivity contribution in [2.45, 2.75) is 13.1 Å². The van der Waals surface area contributed by atoms with E-state index in [0.717, 1.165) is 10.6 Å². The number of carbonyl (C=O) groups is 1. The topological polar surface area (TPSA) is 130 Å². The molecule has 0 spiro atoms. The number of carbonyl (C=O) groups excluding carboxylic acids is 1. The van der Waals surface area contributed by atoms with Crippen LogP contribution in [0.25, 0.3) is 11.1 Å². The number of hydrogen-bond acceptors (Lipinski definition) is 6. The van der Waals surface area contributed by atoms with Gasteiger partial charge in [-0.2, -0.15) is 13.2 Å². The van der Waals surface area contributed by atoms with Crippen LogP contribution in [0.4, 0.5) is 18.9 Å². The minimum absolute atomic E-state index is 0.0441. The number of hydrogen-bond donors (Lipinski definition) is 2. The summed E-state index contributed by atoms with van der Waals surface area (Å²) in [7, 11) is -2.29. The van der Waals surface area contributed by atoms with Gasteiger partial charge in [0.05, 0.1) is 5.75 Å². The second-order valence-electron chi connectivity index (χ2n) is 7.61. The van der Waals surface area contributed by atoms with Crippen molar-refractivity contribution < 1.29 is 35.9 Å². The van der Waals surface area contributed by atoms with Gasteiger partial charge in [-0.05, 0) is 49.4 Å². The lowest BCUT2D eigenvalue weighted by Crippen LogP contribution is -2.22. The Kier molecular flexibility index (Phi) is 7.62. The van der Waals surface area contributed by atoms with Crippen molar-refractivity contribution in [3.63, 3.8) is 0 Å². The Hall–Kier alpha value is -4.00. The lowest BCUT2D eigenvalue weighted by molar-refractivity contribution is -0.153. The molecule has 1 aromatic heterocycles. The van der Waals surface area contributed by atoms with Crippen LogP contribution in [0.15, 0.2) is 59.5 Å². The number of aromatic nitrogens is 1. The Balaban J connectivity index is 2.15. The van der Waals surface area contributed by atoms with Gasteiger partial charge in [-0.3, -0.25) is 14.3 Å². The van der Waals surface area contributed by atoms with Crippen LogP contribution in [0.3, 0.4) is 0 Å². The monoisotopic (exact) mass is 525 g/mol. The maximum absolute atomic E-state index is 12.9. The van der Waals surface area contributed by atoms with Crippen molar-refractivity contribution in [1.82, 2.24) is 4.57 Å². The zero-order valence-corrected chi connectivity index (χ0v) is 19.9. The first-order chi connectivity index (χ1) is 16.8. The lowest BCUT2D eigenvalue weighted by atomic mass is 10.0. The van der Waals surface area contributed by atoms with E-state index in [1.54, 1.807) is 0 Å². The Morgan fingerprint density at radius 3 is 2.31 bits per heavy atom. The molecule has 0 fully saturated rings. The molecule has 0 unspecified atom stereocenters. The van der Waals surface area contributed by atoms with Gasteiger partial charge in [0, 0.05) is 41.7 Å². The van der Waals surface area contributed by atoms with Gasteiger partial charge in [0.25, 0.3) is 5.56 Å². The number of nitrogens with two attached hydrogens (primary N) is 1. The van der Waals surface area contributed by atoms with E-state index in [1.165, 1.54) is 62.6 Å². The van der Waals surface area contributed by atoms with Crippen molar-refractivity contribution in [3.8, 4) is 28.4 Å². The molecular formula is C23H22F3N3O6S. The SMILES string of the molecule is CCS(=O)(=O)Nc1ccc(Oc2ccc(C(N)=O)cc2)c(-c2cn(C)c(=O)cc2OCC(F)(F)F)c1. The third-order valence-corrected chi connectivity index (χ3v) is 6.18. The number of halogens is 3. The molecule has 3 rings (SSSR count). The lowest BCUT2D eigenvalue weighted by Gasteiger charge is -2.18. The molecule has 36 heavy (non-hydrogen) atoms. The highest BCUT2D eigenvalue weighted by atomic mass is 32.2. The standard InChI is InChI=1S/C23H22F3N3O6S/c1-3-36(32,33)28-15-6-9-19(35-16-7-4-14(5-8-16)22(27)31)17(10-15)18-12-29(2)21(30)11-20(18)34-13-23(24,25)26/h4-12,28H,3,13H2,1-2H3,(H2,27,31). The summed E-state index contributed by atoms with van der Waals surface area (Å²) < 4.78 is 77.0. The third-order valence-electron chi connectivity index (χ3n) is 4.87. The number of ether oxygens (including phenoxy) is 2. The molecular weight excluding hydrogens is 503 g/mol. The summed E-state index contributed by atoms with van der Waals surface area (Å²) in [4.78, 5) is 23.5. The van der Waals surface area contributed by atoms with Crippen molar-refractivity contribution in [2.75, 3.05) is 17.1 Å². The number of rotatable bonds is 9. The highest BCUT2D eigenvalue weighted by Crippen LogP contribution is 2.40. The van der Waals surface area contributed by atoms with Gasteiger partial charge < -0.3 is 19.8 Å². The van der Waals surface area contributed by atoms with E-state index in [0.29, 0.717) is 0 Å². The molecule has 0 atom stereocenters. The van der Waals surface area contributed by atoms with Crippen LogP contribution in [-0.4, -0.2) is 37.4 Å². The minimum atomic E-state index is -4.67. The summed E-state index contributed by atoms with van der Waals surface area (Å²) in [5.74, 6) is -0.874. The van der Waals surface area contributed by atoms with Gasteiger partial charge in [0.1, 0.15) is 17.2 Å². The van der Waals surface area contributed by atoms with Crippen LogP contribution in [0, 0.1) is 0 Å². The van der Waals surface area contributed by atoms with E-state index in [9.17, 15) is 31.2 Å². The number of alkyl halides is 3. The van der Waals surface area contributed by atoms with Crippen LogP contribution in [0.5, 0.6) is 17.2 Å². The summed E-state index contributed by atoms with van der Waals surface area (Å²) in [6.07, 6.45) is -3.41. The number of anilines is 1. The first kappa shape index (κ1) is 26.6. The molecule has 1 amide bonds. The average Bonchev–Trinajstić information content (AvgIpc) is 2.80. The molecule has 0 saturated heterocycles. The average molecular weight is 526 g/mol. The molecule has 3 aromatic rings. The van der Waals surface area contributed by atoms with Gasteiger partial charge in [0.15, 0.2) is 6.61 Å². The number of nitrogens with zero attached hydrogens (tertiary/aromatic N) is 1. The van der Waals surface area contributed by atoms with Gasteiger partial charge in [0.2, 0.25) is 15.9 Å². The van der Waals surface area contributed by atoms with Crippen molar-refractivity contribution in [1.29, 1.82) is 0 Å². The predicted octanol–water partition coefficient (Wildman–Crippen LogP) is 3.65. The Morgan fingerprint density at radius 1 is 1.06 bits per heavy atom. The molecule has 0 aliphatic carbocycles. The van der Waals surface area contributed by atoms with Crippen molar-refractivity contribution >= 4 is 21.6 Å². The second-order valence-corrected chi connectivity index (χ2v) is 9.62. The van der Waals surface area contributed by atoms with Crippen LogP contribution in [0.2, 0.25) is 0 Å². The van der Waals surface area contributed by atoms with Gasteiger partial charge in [-0.15, -0.1) is 0 Å². The molecule has 13 heteroatoms. The molecule has 0 aliphatic heterocycles. The summed E-state index contributed by atoms with van der Waals surface area (Å²) in [6.45, 7) is -0.216. The quantitative estimate of drug-likeness (QED) is 0.439. The predicted molar refractivity (Wildman–Crippen MR) is 127 cm³/mol. The molecule has 0 saturated carbocycles. The first-order valence-electron chi connectivity index (χ1n) is 10.4. The van der Waals surface area contributed by atoms with E-state index >= 15 is 0 Å². The van der Waals surface area contributed by atoms with E-state index in [-0.39, 0.29) is 45.4 Å². The maximum Gasteiger partial charge on any atom is 0.422 e. The van der Waals surface area contributed by atoms with Crippen LogP contribution in [0.1, 0.15) is 17.3 Å². The van der Waals surface area contributed by atoms with Gasteiger partial charge >= 0.3 is 6.18 Å². The highest BCUT2D eigenvalue weighted by Gasteiger charge is 2.29. The van der Waals surface area contributed by atoms with Gasteiger partial charge in [-0.25, -0.2) is 8.42 Å². The summed E-state index contributed by atoms with van der Waals surface area (Å²) in [5.41, 5.74) is 5.14. The number of amides is 1. The molecule has 0 aliphatic rings. The Bertz CT molecular complexity index is 1430. The minimum Gasteiger partial charge on any atom is -0.483 e. The number of aryl methyl sites for hydroxylation is 1. The first-order valence-corrected chi connectivity index (χ1v) is 12.1. The summed E-state index contributed by atoms with van der Waals surface area (Å²) in [6, 6.07) is 10.8. The smallest absolute Gasteiger partial charge is 0.422 e. The third kappa shape index (κ3) is 6.78. The normalized spacial score (nSPS) is 11.7. The van der Waals surface area contributed by atoms with Crippen molar-refractivity contribution in [2.24, 2.45) is 12.8 Å². The maximum atomic E-state index is 12.9. The number of primary amides is 1.